The molecule has 1 aromatic heterocycles. The van der Waals surface area contributed by atoms with E-state index in [1.54, 1.807) is 0 Å². The van der Waals surface area contributed by atoms with Crippen LogP contribution in [0.5, 0.6) is 0 Å². The molecule has 0 aliphatic heterocycles. The summed E-state index contributed by atoms with van der Waals surface area (Å²) in [7, 11) is 0. The standard InChI is InChI=1S/C15H27N3/c1-10(2)14-6-5-11(3)7-15(14)16-8-13-9-17-18-12(13)4/h9-11,14-16H,5-8H2,1-4H3,(H,17,18). The molecule has 1 aromatic rings. The van der Waals surface area contributed by atoms with Gasteiger partial charge in [0, 0.05) is 23.8 Å². The molecule has 3 nitrogen and oxygen atoms in total. The van der Waals surface area contributed by atoms with Crippen molar-refractivity contribution in [1.29, 1.82) is 0 Å². The molecular formula is C15H27N3. The van der Waals surface area contributed by atoms with E-state index >= 15 is 0 Å². The summed E-state index contributed by atoms with van der Waals surface area (Å²) in [5.74, 6) is 2.47. The van der Waals surface area contributed by atoms with Crippen molar-refractivity contribution in [3.8, 4) is 0 Å². The number of aryl methyl sites for hydroxylation is 1. The van der Waals surface area contributed by atoms with Gasteiger partial charge in [0.05, 0.1) is 6.20 Å². The first kappa shape index (κ1) is 13.6. The van der Waals surface area contributed by atoms with Gasteiger partial charge < -0.3 is 5.32 Å². The van der Waals surface area contributed by atoms with Crippen molar-refractivity contribution < 1.29 is 0 Å². The number of hydrogen-bond acceptors (Lipinski definition) is 2. The van der Waals surface area contributed by atoms with Crippen LogP contribution in [0, 0.1) is 24.7 Å². The number of hydrogen-bond donors (Lipinski definition) is 2. The Balaban J connectivity index is 1.94. The minimum atomic E-state index is 0.669. The minimum Gasteiger partial charge on any atom is -0.310 e. The van der Waals surface area contributed by atoms with Gasteiger partial charge in [-0.05, 0) is 37.5 Å². The summed E-state index contributed by atoms with van der Waals surface area (Å²) in [5.41, 5.74) is 2.49. The molecule has 1 saturated carbocycles. The molecule has 18 heavy (non-hydrogen) atoms. The molecule has 0 aromatic carbocycles. The SMILES string of the molecule is Cc1[nH]ncc1CNC1CC(C)CCC1C(C)C. The molecule has 3 heteroatoms. The van der Waals surface area contributed by atoms with E-state index in [2.05, 4.69) is 43.2 Å². The highest BCUT2D eigenvalue weighted by Crippen LogP contribution is 2.33. The lowest BCUT2D eigenvalue weighted by molar-refractivity contribution is 0.169. The Kier molecular flexibility index (Phi) is 4.44. The summed E-state index contributed by atoms with van der Waals surface area (Å²) in [5, 5.41) is 10.9. The van der Waals surface area contributed by atoms with Crippen molar-refractivity contribution >= 4 is 0 Å². The first-order valence-corrected chi connectivity index (χ1v) is 7.30. The van der Waals surface area contributed by atoms with Gasteiger partial charge in [-0.1, -0.05) is 27.2 Å². The lowest BCUT2D eigenvalue weighted by Crippen LogP contribution is -2.42. The van der Waals surface area contributed by atoms with Crippen LogP contribution < -0.4 is 5.32 Å². The molecule has 2 rings (SSSR count). The van der Waals surface area contributed by atoms with Gasteiger partial charge in [-0.15, -0.1) is 0 Å². The van der Waals surface area contributed by atoms with E-state index in [0.717, 1.165) is 24.3 Å². The van der Waals surface area contributed by atoms with Crippen LogP contribution in [0.1, 0.15) is 51.3 Å². The molecule has 1 heterocycles. The van der Waals surface area contributed by atoms with Crippen LogP contribution in [0.4, 0.5) is 0 Å². The van der Waals surface area contributed by atoms with Crippen LogP contribution >= 0.6 is 0 Å². The third kappa shape index (κ3) is 3.14. The molecule has 1 fully saturated rings. The highest BCUT2D eigenvalue weighted by atomic mass is 15.1. The smallest absolute Gasteiger partial charge is 0.0535 e. The van der Waals surface area contributed by atoms with E-state index in [9.17, 15) is 0 Å². The topological polar surface area (TPSA) is 40.7 Å². The van der Waals surface area contributed by atoms with Gasteiger partial charge in [0.1, 0.15) is 0 Å². The maximum absolute atomic E-state index is 4.09. The normalized spacial score (nSPS) is 28.8. The van der Waals surface area contributed by atoms with Crippen molar-refractivity contribution in [3.63, 3.8) is 0 Å². The zero-order valence-electron chi connectivity index (χ0n) is 12.2. The second kappa shape index (κ2) is 5.87. The largest absolute Gasteiger partial charge is 0.310 e. The molecule has 0 spiro atoms. The monoisotopic (exact) mass is 249 g/mol. The highest BCUT2D eigenvalue weighted by molar-refractivity contribution is 5.14. The molecule has 102 valence electrons. The maximum atomic E-state index is 4.09. The van der Waals surface area contributed by atoms with Crippen LogP contribution in [0.25, 0.3) is 0 Å². The Hall–Kier alpha value is -0.830. The first-order valence-electron chi connectivity index (χ1n) is 7.30. The number of aromatic nitrogens is 2. The fourth-order valence-corrected chi connectivity index (χ4v) is 3.23. The van der Waals surface area contributed by atoms with E-state index < -0.39 is 0 Å². The van der Waals surface area contributed by atoms with Crippen molar-refractivity contribution in [3.05, 3.63) is 17.5 Å². The molecule has 2 N–H and O–H groups in total. The van der Waals surface area contributed by atoms with Crippen molar-refractivity contribution in [1.82, 2.24) is 15.5 Å². The number of rotatable bonds is 4. The third-order valence-electron chi connectivity index (χ3n) is 4.51. The Morgan fingerprint density at radius 3 is 2.83 bits per heavy atom. The zero-order valence-corrected chi connectivity index (χ0v) is 12.2. The number of H-pyrrole nitrogens is 1. The van der Waals surface area contributed by atoms with Gasteiger partial charge in [-0.3, -0.25) is 5.10 Å². The van der Waals surface area contributed by atoms with Gasteiger partial charge in [0.25, 0.3) is 0 Å². The Bertz CT molecular complexity index is 370. The molecule has 0 saturated heterocycles. The molecule has 1 aliphatic carbocycles. The fraction of sp³-hybridized carbons (Fsp3) is 0.800. The van der Waals surface area contributed by atoms with Crippen LogP contribution in [0.2, 0.25) is 0 Å². The third-order valence-corrected chi connectivity index (χ3v) is 4.51. The second-order valence-corrected chi connectivity index (χ2v) is 6.33. The molecular weight excluding hydrogens is 222 g/mol. The number of nitrogens with zero attached hydrogens (tertiary/aromatic N) is 1. The lowest BCUT2D eigenvalue weighted by atomic mass is 9.74. The second-order valence-electron chi connectivity index (χ2n) is 6.33. The maximum Gasteiger partial charge on any atom is 0.0535 e. The summed E-state index contributed by atoms with van der Waals surface area (Å²) in [6.07, 6.45) is 6.03. The zero-order chi connectivity index (χ0) is 13.1. The van der Waals surface area contributed by atoms with Gasteiger partial charge in [-0.2, -0.15) is 5.10 Å². The summed E-state index contributed by atoms with van der Waals surface area (Å²) in [4.78, 5) is 0. The van der Waals surface area contributed by atoms with Crippen molar-refractivity contribution in [2.45, 2.75) is 59.5 Å². The van der Waals surface area contributed by atoms with Crippen molar-refractivity contribution in [2.24, 2.45) is 17.8 Å². The molecule has 1 aliphatic rings. The molecule has 0 radical (unpaired) electrons. The quantitative estimate of drug-likeness (QED) is 0.860. The predicted octanol–water partition coefficient (Wildman–Crippen LogP) is 3.27. The molecule has 0 amide bonds. The summed E-state index contributed by atoms with van der Waals surface area (Å²) in [6, 6.07) is 0.669. The highest BCUT2D eigenvalue weighted by Gasteiger charge is 2.30. The lowest BCUT2D eigenvalue weighted by Gasteiger charge is -2.38. The number of aromatic amines is 1. The summed E-state index contributed by atoms with van der Waals surface area (Å²) >= 11 is 0. The Morgan fingerprint density at radius 1 is 1.44 bits per heavy atom. The average molecular weight is 249 g/mol. The fourth-order valence-electron chi connectivity index (χ4n) is 3.23. The van der Waals surface area contributed by atoms with Crippen LogP contribution in [0.15, 0.2) is 6.20 Å². The molecule has 3 unspecified atom stereocenters. The molecule has 3 atom stereocenters. The minimum absolute atomic E-state index is 0.669. The van der Waals surface area contributed by atoms with E-state index in [-0.39, 0.29) is 0 Å². The number of nitrogens with one attached hydrogen (secondary N) is 2. The van der Waals surface area contributed by atoms with Crippen LogP contribution in [-0.4, -0.2) is 16.2 Å². The van der Waals surface area contributed by atoms with Crippen LogP contribution in [0.3, 0.4) is 0 Å². The van der Waals surface area contributed by atoms with E-state index in [1.165, 1.54) is 30.5 Å². The van der Waals surface area contributed by atoms with Gasteiger partial charge in [0.2, 0.25) is 0 Å². The molecule has 0 bridgehead atoms. The van der Waals surface area contributed by atoms with Gasteiger partial charge in [-0.25, -0.2) is 0 Å². The van der Waals surface area contributed by atoms with E-state index in [1.807, 2.05) is 6.20 Å². The average Bonchev–Trinajstić information content (AvgIpc) is 2.72. The van der Waals surface area contributed by atoms with Gasteiger partial charge in [0.15, 0.2) is 0 Å². The van der Waals surface area contributed by atoms with Gasteiger partial charge >= 0.3 is 0 Å². The van der Waals surface area contributed by atoms with E-state index in [4.69, 9.17) is 0 Å². The Morgan fingerprint density at radius 2 is 2.22 bits per heavy atom. The summed E-state index contributed by atoms with van der Waals surface area (Å²) in [6.45, 7) is 10.1. The van der Waals surface area contributed by atoms with Crippen LogP contribution in [-0.2, 0) is 6.54 Å². The van der Waals surface area contributed by atoms with E-state index in [0.29, 0.717) is 6.04 Å². The Labute approximate surface area is 111 Å². The first-order chi connectivity index (χ1) is 8.58. The predicted molar refractivity (Wildman–Crippen MR) is 75.3 cm³/mol. The van der Waals surface area contributed by atoms with Crippen molar-refractivity contribution in [2.75, 3.05) is 0 Å². The summed E-state index contributed by atoms with van der Waals surface area (Å²) < 4.78 is 0.